The molecule has 0 saturated heterocycles. The van der Waals surface area contributed by atoms with Crippen molar-refractivity contribution in [1.82, 2.24) is 0 Å². The molecule has 4 heteroatoms. The fourth-order valence-corrected chi connectivity index (χ4v) is 1.96. The Bertz CT molecular complexity index is 405. The molecule has 0 fully saturated rings. The van der Waals surface area contributed by atoms with Crippen LogP contribution in [0.1, 0.15) is 36.5 Å². The van der Waals surface area contributed by atoms with Crippen LogP contribution in [0.2, 0.25) is 5.02 Å². The van der Waals surface area contributed by atoms with E-state index >= 15 is 0 Å². The Morgan fingerprint density at radius 2 is 1.88 bits per heavy atom. The summed E-state index contributed by atoms with van der Waals surface area (Å²) in [6.45, 7) is 7.13. The molecule has 0 heterocycles. The molecule has 0 spiro atoms. The lowest BCUT2D eigenvalue weighted by molar-refractivity contribution is -0.137. The van der Waals surface area contributed by atoms with Crippen molar-refractivity contribution in [1.29, 1.82) is 0 Å². The van der Waals surface area contributed by atoms with Crippen LogP contribution < -0.4 is 0 Å². The van der Waals surface area contributed by atoms with Crippen LogP contribution in [0.25, 0.3) is 6.08 Å². The second kappa shape index (κ2) is 4.50. The average molecular weight is 249 g/mol. The van der Waals surface area contributed by atoms with Gasteiger partial charge >= 0.3 is 6.18 Å². The van der Waals surface area contributed by atoms with E-state index in [-0.39, 0.29) is 16.5 Å². The van der Waals surface area contributed by atoms with Gasteiger partial charge in [0, 0.05) is 5.56 Å². The fourth-order valence-electron chi connectivity index (χ4n) is 1.50. The molecule has 0 bridgehead atoms. The first-order chi connectivity index (χ1) is 7.29. The number of hydrogen-bond donors (Lipinski definition) is 0. The number of hydrogen-bond acceptors (Lipinski definition) is 0. The predicted octanol–water partition coefficient (Wildman–Crippen LogP) is 5.13. The molecule has 1 aromatic rings. The second-order valence-electron chi connectivity index (χ2n) is 3.79. The number of rotatable bonds is 2. The molecular weight excluding hydrogens is 237 g/mol. The minimum atomic E-state index is -4.40. The Morgan fingerprint density at radius 1 is 1.31 bits per heavy atom. The van der Waals surface area contributed by atoms with Crippen molar-refractivity contribution in [3.8, 4) is 0 Å². The fraction of sp³-hybridized carbons (Fsp3) is 0.333. The van der Waals surface area contributed by atoms with Crippen LogP contribution in [-0.4, -0.2) is 0 Å². The maximum atomic E-state index is 12.6. The predicted molar refractivity (Wildman–Crippen MR) is 60.6 cm³/mol. The zero-order valence-electron chi connectivity index (χ0n) is 9.03. The van der Waals surface area contributed by atoms with E-state index in [1.54, 1.807) is 0 Å². The normalized spacial score (nSPS) is 11.9. The highest BCUT2D eigenvalue weighted by Gasteiger charge is 2.34. The van der Waals surface area contributed by atoms with Gasteiger partial charge in [-0.2, -0.15) is 13.2 Å². The first kappa shape index (κ1) is 13.1. The highest BCUT2D eigenvalue weighted by molar-refractivity contribution is 6.33. The minimum absolute atomic E-state index is 0.0413. The van der Waals surface area contributed by atoms with Gasteiger partial charge < -0.3 is 0 Å². The first-order valence-corrected chi connectivity index (χ1v) is 5.18. The van der Waals surface area contributed by atoms with Gasteiger partial charge in [0.05, 0.1) is 10.6 Å². The SMILES string of the molecule is C=Cc1c(C(F)(F)F)ccc(C(C)C)c1Cl. The molecule has 1 rings (SSSR count). The molecule has 0 aliphatic rings. The third-order valence-electron chi connectivity index (χ3n) is 2.34. The van der Waals surface area contributed by atoms with Crippen molar-refractivity contribution in [2.45, 2.75) is 25.9 Å². The number of benzene rings is 1. The summed E-state index contributed by atoms with van der Waals surface area (Å²) in [5, 5.41) is 0.139. The Balaban J connectivity index is 3.47. The largest absolute Gasteiger partial charge is 0.417 e. The monoisotopic (exact) mass is 248 g/mol. The molecule has 0 N–H and O–H groups in total. The van der Waals surface area contributed by atoms with E-state index < -0.39 is 11.7 Å². The summed E-state index contributed by atoms with van der Waals surface area (Å²) in [6.07, 6.45) is -3.25. The van der Waals surface area contributed by atoms with Gasteiger partial charge in [0.1, 0.15) is 0 Å². The zero-order chi connectivity index (χ0) is 12.5. The molecule has 0 aromatic heterocycles. The van der Waals surface area contributed by atoms with Crippen LogP contribution in [0, 0.1) is 0 Å². The molecule has 1 aromatic carbocycles. The van der Waals surface area contributed by atoms with Gasteiger partial charge in [-0.15, -0.1) is 0 Å². The quantitative estimate of drug-likeness (QED) is 0.681. The van der Waals surface area contributed by atoms with Gasteiger partial charge in [0.15, 0.2) is 0 Å². The molecule has 16 heavy (non-hydrogen) atoms. The van der Waals surface area contributed by atoms with Crippen LogP contribution >= 0.6 is 11.6 Å². The molecule has 0 radical (unpaired) electrons. The van der Waals surface area contributed by atoms with Crippen molar-refractivity contribution in [2.24, 2.45) is 0 Å². The molecular formula is C12H12ClF3. The Labute approximate surface area is 97.7 Å². The van der Waals surface area contributed by atoms with Crippen LogP contribution in [-0.2, 0) is 6.18 Å². The van der Waals surface area contributed by atoms with Gasteiger partial charge in [-0.1, -0.05) is 44.2 Å². The summed E-state index contributed by atoms with van der Waals surface area (Å²) in [5.74, 6) is 0.0773. The minimum Gasteiger partial charge on any atom is -0.166 e. The van der Waals surface area contributed by atoms with E-state index in [4.69, 9.17) is 11.6 Å². The molecule has 88 valence electrons. The summed E-state index contributed by atoms with van der Waals surface area (Å²) in [4.78, 5) is 0. The van der Waals surface area contributed by atoms with E-state index in [0.29, 0.717) is 5.56 Å². The van der Waals surface area contributed by atoms with Crippen molar-refractivity contribution >= 4 is 17.7 Å². The highest BCUT2D eigenvalue weighted by Crippen LogP contribution is 2.38. The van der Waals surface area contributed by atoms with E-state index in [9.17, 15) is 13.2 Å². The van der Waals surface area contributed by atoms with Crippen molar-refractivity contribution < 1.29 is 13.2 Å². The zero-order valence-corrected chi connectivity index (χ0v) is 9.78. The van der Waals surface area contributed by atoms with Crippen LogP contribution in [0.5, 0.6) is 0 Å². The molecule has 0 nitrogen and oxygen atoms in total. The lowest BCUT2D eigenvalue weighted by Crippen LogP contribution is -2.08. The first-order valence-electron chi connectivity index (χ1n) is 4.81. The van der Waals surface area contributed by atoms with Crippen LogP contribution in [0.15, 0.2) is 18.7 Å². The van der Waals surface area contributed by atoms with E-state index in [0.717, 1.165) is 12.1 Å². The van der Waals surface area contributed by atoms with Crippen LogP contribution in [0.4, 0.5) is 13.2 Å². The lowest BCUT2D eigenvalue weighted by atomic mass is 9.96. The summed E-state index contributed by atoms with van der Waals surface area (Å²) >= 11 is 5.94. The summed E-state index contributed by atoms with van der Waals surface area (Å²) in [6, 6.07) is 2.47. The third-order valence-corrected chi connectivity index (χ3v) is 2.76. The van der Waals surface area contributed by atoms with Crippen molar-refractivity contribution in [3.05, 3.63) is 40.4 Å². The van der Waals surface area contributed by atoms with Gasteiger partial charge in [0.25, 0.3) is 0 Å². The molecule has 0 saturated carbocycles. The maximum Gasteiger partial charge on any atom is 0.417 e. The average Bonchev–Trinajstić information content (AvgIpc) is 2.15. The van der Waals surface area contributed by atoms with E-state index in [1.165, 1.54) is 6.07 Å². The standard InChI is InChI=1S/C12H12ClF3/c1-4-8-10(12(14,15)16)6-5-9(7(2)3)11(8)13/h4-7H,1H2,2-3H3. The van der Waals surface area contributed by atoms with Gasteiger partial charge in [0.2, 0.25) is 0 Å². The summed E-state index contributed by atoms with van der Waals surface area (Å²) < 4.78 is 37.9. The summed E-state index contributed by atoms with van der Waals surface area (Å²) in [7, 11) is 0. The van der Waals surface area contributed by atoms with Crippen LogP contribution in [0.3, 0.4) is 0 Å². The highest BCUT2D eigenvalue weighted by atomic mass is 35.5. The van der Waals surface area contributed by atoms with E-state index in [2.05, 4.69) is 6.58 Å². The maximum absolute atomic E-state index is 12.6. The Kier molecular flexibility index (Phi) is 3.68. The smallest absolute Gasteiger partial charge is 0.166 e. The molecule has 0 unspecified atom stereocenters. The molecule has 0 amide bonds. The van der Waals surface area contributed by atoms with Gasteiger partial charge in [-0.3, -0.25) is 0 Å². The lowest BCUT2D eigenvalue weighted by Gasteiger charge is -2.16. The molecule has 0 aliphatic heterocycles. The Hall–Kier alpha value is -0.960. The Morgan fingerprint density at radius 3 is 2.25 bits per heavy atom. The van der Waals surface area contributed by atoms with Crippen molar-refractivity contribution in [3.63, 3.8) is 0 Å². The molecule has 0 atom stereocenters. The number of halogens is 4. The third kappa shape index (κ3) is 2.40. The topological polar surface area (TPSA) is 0 Å². The van der Waals surface area contributed by atoms with Gasteiger partial charge in [-0.25, -0.2) is 0 Å². The molecule has 0 aliphatic carbocycles. The summed E-state index contributed by atoms with van der Waals surface area (Å²) in [5.41, 5.74) is -0.0816. The second-order valence-corrected chi connectivity index (χ2v) is 4.16. The van der Waals surface area contributed by atoms with E-state index in [1.807, 2.05) is 13.8 Å². The number of alkyl halides is 3. The van der Waals surface area contributed by atoms with Gasteiger partial charge in [-0.05, 0) is 17.5 Å². The van der Waals surface area contributed by atoms with Crippen molar-refractivity contribution in [2.75, 3.05) is 0 Å².